The number of nitrogens with one attached hydrogen (secondary N) is 1. The number of anilines is 2. The molecule has 21 heavy (non-hydrogen) atoms. The van der Waals surface area contributed by atoms with Gasteiger partial charge in [-0.15, -0.1) is 0 Å². The van der Waals surface area contributed by atoms with Gasteiger partial charge in [-0.05, 0) is 49.6 Å². The van der Waals surface area contributed by atoms with Gasteiger partial charge in [0, 0.05) is 36.6 Å². The molecule has 0 unspecified atom stereocenters. The minimum absolute atomic E-state index is 0.344. The summed E-state index contributed by atoms with van der Waals surface area (Å²) in [7, 11) is 0. The number of hydrogen-bond acceptors (Lipinski definition) is 3. The SMILES string of the molecule is Cc1cc(N2CCCC2)ccc1NCc1ccccc1O. The van der Waals surface area contributed by atoms with Crippen LogP contribution in [0.2, 0.25) is 0 Å². The van der Waals surface area contributed by atoms with Crippen LogP contribution in [0.5, 0.6) is 5.75 Å². The molecule has 0 atom stereocenters. The van der Waals surface area contributed by atoms with Gasteiger partial charge in [0.2, 0.25) is 0 Å². The van der Waals surface area contributed by atoms with Crippen molar-refractivity contribution in [2.75, 3.05) is 23.3 Å². The van der Waals surface area contributed by atoms with Crippen LogP contribution < -0.4 is 10.2 Å². The van der Waals surface area contributed by atoms with Gasteiger partial charge in [0.25, 0.3) is 0 Å². The van der Waals surface area contributed by atoms with Crippen molar-refractivity contribution in [3.05, 3.63) is 53.6 Å². The third-order valence-electron chi connectivity index (χ3n) is 4.14. The fourth-order valence-corrected chi connectivity index (χ4v) is 2.87. The summed E-state index contributed by atoms with van der Waals surface area (Å²) in [5.74, 6) is 0.344. The normalized spacial score (nSPS) is 14.4. The van der Waals surface area contributed by atoms with Gasteiger partial charge in [-0.1, -0.05) is 18.2 Å². The maximum absolute atomic E-state index is 9.80. The van der Waals surface area contributed by atoms with E-state index in [4.69, 9.17) is 0 Å². The zero-order chi connectivity index (χ0) is 14.7. The highest BCUT2D eigenvalue weighted by molar-refractivity contribution is 5.60. The molecule has 1 heterocycles. The second kappa shape index (κ2) is 6.08. The van der Waals surface area contributed by atoms with Crippen molar-refractivity contribution < 1.29 is 5.11 Å². The minimum atomic E-state index is 0.344. The average molecular weight is 282 g/mol. The molecule has 0 spiro atoms. The van der Waals surface area contributed by atoms with Crippen LogP contribution in [0.15, 0.2) is 42.5 Å². The van der Waals surface area contributed by atoms with Crippen molar-refractivity contribution in [3.63, 3.8) is 0 Å². The number of rotatable bonds is 4. The highest BCUT2D eigenvalue weighted by Gasteiger charge is 2.13. The molecule has 110 valence electrons. The van der Waals surface area contributed by atoms with E-state index >= 15 is 0 Å². The van der Waals surface area contributed by atoms with Crippen LogP contribution in [0.3, 0.4) is 0 Å². The molecule has 0 aromatic heterocycles. The van der Waals surface area contributed by atoms with Crippen LogP contribution in [0.4, 0.5) is 11.4 Å². The lowest BCUT2D eigenvalue weighted by Gasteiger charge is -2.19. The van der Waals surface area contributed by atoms with Gasteiger partial charge in [0.05, 0.1) is 0 Å². The molecule has 0 aliphatic carbocycles. The number of hydrogen-bond donors (Lipinski definition) is 2. The van der Waals surface area contributed by atoms with E-state index < -0.39 is 0 Å². The smallest absolute Gasteiger partial charge is 0.120 e. The Morgan fingerprint density at radius 3 is 2.57 bits per heavy atom. The molecule has 1 saturated heterocycles. The Hall–Kier alpha value is -2.16. The summed E-state index contributed by atoms with van der Waals surface area (Å²) in [6.07, 6.45) is 2.60. The van der Waals surface area contributed by atoms with Crippen molar-refractivity contribution in [3.8, 4) is 5.75 Å². The number of benzene rings is 2. The minimum Gasteiger partial charge on any atom is -0.508 e. The number of aromatic hydroxyl groups is 1. The van der Waals surface area contributed by atoms with Crippen LogP contribution in [-0.2, 0) is 6.54 Å². The topological polar surface area (TPSA) is 35.5 Å². The van der Waals surface area contributed by atoms with Gasteiger partial charge in [-0.3, -0.25) is 0 Å². The Balaban J connectivity index is 1.70. The van der Waals surface area contributed by atoms with Crippen molar-refractivity contribution in [2.24, 2.45) is 0 Å². The molecule has 3 rings (SSSR count). The zero-order valence-electron chi connectivity index (χ0n) is 12.5. The van der Waals surface area contributed by atoms with E-state index in [9.17, 15) is 5.11 Å². The number of para-hydroxylation sites is 1. The van der Waals surface area contributed by atoms with Crippen molar-refractivity contribution in [1.29, 1.82) is 0 Å². The summed E-state index contributed by atoms with van der Waals surface area (Å²) >= 11 is 0. The van der Waals surface area contributed by atoms with Crippen molar-refractivity contribution in [1.82, 2.24) is 0 Å². The fourth-order valence-electron chi connectivity index (χ4n) is 2.87. The molecule has 1 aliphatic rings. The Morgan fingerprint density at radius 1 is 1.10 bits per heavy atom. The first-order chi connectivity index (χ1) is 10.2. The van der Waals surface area contributed by atoms with E-state index in [0.717, 1.165) is 11.3 Å². The molecular weight excluding hydrogens is 260 g/mol. The van der Waals surface area contributed by atoms with E-state index in [1.165, 1.54) is 37.2 Å². The predicted molar refractivity (Wildman–Crippen MR) is 88.1 cm³/mol. The van der Waals surface area contributed by atoms with Crippen molar-refractivity contribution in [2.45, 2.75) is 26.3 Å². The first-order valence-corrected chi connectivity index (χ1v) is 7.60. The van der Waals surface area contributed by atoms with Crippen LogP contribution in [0.25, 0.3) is 0 Å². The highest BCUT2D eigenvalue weighted by atomic mass is 16.3. The fraction of sp³-hybridized carbons (Fsp3) is 0.333. The summed E-state index contributed by atoms with van der Waals surface area (Å²) in [5.41, 5.74) is 4.61. The van der Waals surface area contributed by atoms with E-state index in [0.29, 0.717) is 12.3 Å². The molecule has 2 N–H and O–H groups in total. The largest absolute Gasteiger partial charge is 0.508 e. The predicted octanol–water partition coefficient (Wildman–Crippen LogP) is 3.91. The molecule has 0 radical (unpaired) electrons. The van der Waals surface area contributed by atoms with E-state index in [1.54, 1.807) is 6.07 Å². The third kappa shape index (κ3) is 3.13. The van der Waals surface area contributed by atoms with Gasteiger partial charge in [-0.2, -0.15) is 0 Å². The Labute approximate surface area is 126 Å². The molecule has 0 saturated carbocycles. The summed E-state index contributed by atoms with van der Waals surface area (Å²) in [6, 6.07) is 14.0. The van der Waals surface area contributed by atoms with Crippen molar-refractivity contribution >= 4 is 11.4 Å². The average Bonchev–Trinajstić information content (AvgIpc) is 3.02. The van der Waals surface area contributed by atoms with Crippen LogP contribution in [0, 0.1) is 6.92 Å². The maximum Gasteiger partial charge on any atom is 0.120 e. The molecule has 2 aromatic rings. The third-order valence-corrected chi connectivity index (χ3v) is 4.14. The van der Waals surface area contributed by atoms with Gasteiger partial charge >= 0.3 is 0 Å². The molecule has 3 heteroatoms. The van der Waals surface area contributed by atoms with Crippen LogP contribution in [-0.4, -0.2) is 18.2 Å². The second-order valence-corrected chi connectivity index (χ2v) is 5.68. The van der Waals surface area contributed by atoms with Crippen LogP contribution >= 0.6 is 0 Å². The summed E-state index contributed by atoms with van der Waals surface area (Å²) < 4.78 is 0. The van der Waals surface area contributed by atoms with E-state index in [1.807, 2.05) is 18.2 Å². The van der Waals surface area contributed by atoms with Gasteiger partial charge in [-0.25, -0.2) is 0 Å². The standard InChI is InChI=1S/C18H22N2O/c1-14-12-16(20-10-4-5-11-20)8-9-17(14)19-13-15-6-2-3-7-18(15)21/h2-3,6-9,12,19,21H,4-5,10-11,13H2,1H3. The first kappa shape index (κ1) is 13.8. The summed E-state index contributed by atoms with van der Waals surface area (Å²) in [5, 5.41) is 13.2. The number of nitrogens with zero attached hydrogens (tertiary/aromatic N) is 1. The number of phenolic OH excluding ortho intramolecular Hbond substituents is 1. The molecule has 2 aromatic carbocycles. The Morgan fingerprint density at radius 2 is 1.86 bits per heavy atom. The maximum atomic E-state index is 9.80. The van der Waals surface area contributed by atoms with Gasteiger partial charge < -0.3 is 15.3 Å². The molecule has 0 bridgehead atoms. The quantitative estimate of drug-likeness (QED) is 0.892. The van der Waals surface area contributed by atoms with E-state index in [2.05, 4.69) is 35.3 Å². The van der Waals surface area contributed by atoms with E-state index in [-0.39, 0.29) is 0 Å². The molecular formula is C18H22N2O. The summed E-state index contributed by atoms with van der Waals surface area (Å²) in [6.45, 7) is 5.11. The molecule has 1 fully saturated rings. The molecule has 1 aliphatic heterocycles. The lowest BCUT2D eigenvalue weighted by atomic mass is 10.1. The van der Waals surface area contributed by atoms with Crippen LogP contribution in [0.1, 0.15) is 24.0 Å². The summed E-state index contributed by atoms with van der Waals surface area (Å²) in [4.78, 5) is 2.44. The highest BCUT2D eigenvalue weighted by Crippen LogP contribution is 2.26. The lowest BCUT2D eigenvalue weighted by Crippen LogP contribution is -2.17. The zero-order valence-corrected chi connectivity index (χ0v) is 12.5. The number of aryl methyl sites for hydroxylation is 1. The monoisotopic (exact) mass is 282 g/mol. The Kier molecular flexibility index (Phi) is 4.00. The molecule has 3 nitrogen and oxygen atoms in total. The second-order valence-electron chi connectivity index (χ2n) is 5.68. The van der Waals surface area contributed by atoms with Gasteiger partial charge in [0.1, 0.15) is 5.75 Å². The Bertz CT molecular complexity index is 618. The van der Waals surface area contributed by atoms with Gasteiger partial charge in [0.15, 0.2) is 0 Å². The lowest BCUT2D eigenvalue weighted by molar-refractivity contribution is 0.469. The molecule has 0 amide bonds. The number of phenols is 1. The first-order valence-electron chi connectivity index (χ1n) is 7.60.